The van der Waals surface area contributed by atoms with Gasteiger partial charge in [-0.2, -0.15) is 0 Å². The molecule has 1 aromatic carbocycles. The lowest BCUT2D eigenvalue weighted by molar-refractivity contribution is -0.149. The number of benzene rings is 1. The molecule has 0 aliphatic heterocycles. The number of amides is 1. The maximum absolute atomic E-state index is 13.7. The van der Waals surface area contributed by atoms with Crippen LogP contribution in [0.25, 0.3) is 0 Å². The first kappa shape index (κ1) is 26.8. The lowest BCUT2D eigenvalue weighted by Gasteiger charge is -2.28. The van der Waals surface area contributed by atoms with Crippen LogP contribution in [0.3, 0.4) is 0 Å². The van der Waals surface area contributed by atoms with Crippen LogP contribution in [-0.2, 0) is 27.5 Å². The summed E-state index contributed by atoms with van der Waals surface area (Å²) in [5, 5.41) is 16.7. The Bertz CT molecular complexity index is 1020. The quantitative estimate of drug-likeness (QED) is 0.269. The average Bonchev–Trinajstić information content (AvgIpc) is 3.57. The Hall–Kier alpha value is -2.81. The van der Waals surface area contributed by atoms with Crippen molar-refractivity contribution in [2.24, 2.45) is 0 Å². The second-order valence-corrected chi connectivity index (χ2v) is 10.5. The summed E-state index contributed by atoms with van der Waals surface area (Å²) in [5.74, 6) is -2.99. The van der Waals surface area contributed by atoms with Crippen molar-refractivity contribution in [1.29, 1.82) is 0 Å². The van der Waals surface area contributed by atoms with Gasteiger partial charge in [0.1, 0.15) is 0 Å². The largest absolute Gasteiger partial charge is 0.475 e. The number of carbonyl (C=O) groups excluding carboxylic acids is 2. The number of nitrogens with one attached hydrogen (secondary N) is 1. The third-order valence-electron chi connectivity index (χ3n) is 5.86. The summed E-state index contributed by atoms with van der Waals surface area (Å²) in [6, 6.07) is 16.6. The molecule has 186 valence electrons. The van der Waals surface area contributed by atoms with Crippen molar-refractivity contribution in [2.75, 3.05) is 6.54 Å². The van der Waals surface area contributed by atoms with Crippen LogP contribution in [-0.4, -0.2) is 40.3 Å². The minimum Gasteiger partial charge on any atom is -0.475 e. The molecule has 2 heterocycles. The topological polar surface area (TPSA) is 86.7 Å². The van der Waals surface area contributed by atoms with E-state index in [9.17, 15) is 19.5 Å². The predicted octanol–water partition coefficient (Wildman–Crippen LogP) is 5.31. The minimum absolute atomic E-state index is 0.0288. The van der Waals surface area contributed by atoms with E-state index in [-0.39, 0.29) is 5.91 Å². The standard InChI is InChI=1S/C27H32N2O4S2/c1-2-3-13-24(28-15-14-23(25(30)27(32)33)20-9-5-4-6-10-20)26(31)29(18-21-11-7-16-34-21)19-22-12-8-17-35-22/h4-12,16-17,23-24,28H,2-3,13-15,18-19H2,1H3,(H,32,33)/t23?,24-/m0/s1. The van der Waals surface area contributed by atoms with Gasteiger partial charge in [-0.1, -0.05) is 62.2 Å². The third kappa shape index (κ3) is 8.13. The molecule has 0 saturated carbocycles. The fraction of sp³-hybridized carbons (Fsp3) is 0.370. The molecule has 2 aromatic heterocycles. The zero-order chi connectivity index (χ0) is 25.0. The summed E-state index contributed by atoms with van der Waals surface area (Å²) in [7, 11) is 0. The molecule has 0 saturated heterocycles. The van der Waals surface area contributed by atoms with E-state index < -0.39 is 23.7 Å². The fourth-order valence-electron chi connectivity index (χ4n) is 4.02. The molecule has 8 heteroatoms. The first-order valence-corrected chi connectivity index (χ1v) is 13.6. The molecule has 0 fully saturated rings. The Morgan fingerprint density at radius 2 is 1.54 bits per heavy atom. The number of nitrogens with zero attached hydrogens (tertiary/aromatic N) is 1. The van der Waals surface area contributed by atoms with Crippen LogP contribution in [0.15, 0.2) is 65.4 Å². The van der Waals surface area contributed by atoms with Crippen LogP contribution in [0.2, 0.25) is 0 Å². The van der Waals surface area contributed by atoms with Crippen molar-refractivity contribution >= 4 is 40.3 Å². The van der Waals surface area contributed by atoms with Crippen molar-refractivity contribution in [1.82, 2.24) is 10.2 Å². The van der Waals surface area contributed by atoms with E-state index in [1.807, 2.05) is 46.0 Å². The number of carboxylic acid groups (broad SMARTS) is 1. The molecule has 2 atom stereocenters. The number of hydrogen-bond donors (Lipinski definition) is 2. The van der Waals surface area contributed by atoms with Gasteiger partial charge < -0.3 is 15.3 Å². The van der Waals surface area contributed by atoms with E-state index in [2.05, 4.69) is 12.2 Å². The maximum atomic E-state index is 13.7. The molecule has 0 bridgehead atoms. The minimum atomic E-state index is -1.43. The molecule has 3 aromatic rings. The van der Waals surface area contributed by atoms with Crippen molar-refractivity contribution < 1.29 is 19.5 Å². The first-order chi connectivity index (χ1) is 17.0. The number of carboxylic acids is 1. The zero-order valence-corrected chi connectivity index (χ0v) is 21.5. The normalized spacial score (nSPS) is 12.7. The van der Waals surface area contributed by atoms with Crippen LogP contribution < -0.4 is 5.32 Å². The smallest absolute Gasteiger partial charge is 0.372 e. The summed E-state index contributed by atoms with van der Waals surface area (Å²) in [4.78, 5) is 41.7. The highest BCUT2D eigenvalue weighted by Gasteiger charge is 2.28. The van der Waals surface area contributed by atoms with E-state index in [4.69, 9.17) is 0 Å². The van der Waals surface area contributed by atoms with E-state index in [1.54, 1.807) is 46.9 Å². The highest BCUT2D eigenvalue weighted by atomic mass is 32.1. The SMILES string of the molecule is CCCC[C@H](NCCC(C(=O)C(=O)O)c1ccccc1)C(=O)N(Cc1cccs1)Cc1cccs1. The molecule has 35 heavy (non-hydrogen) atoms. The van der Waals surface area contributed by atoms with Crippen molar-refractivity contribution in [2.45, 2.75) is 57.7 Å². The Labute approximate surface area is 214 Å². The Morgan fingerprint density at radius 1 is 0.914 bits per heavy atom. The number of rotatable bonds is 15. The number of carbonyl (C=O) groups is 3. The highest BCUT2D eigenvalue weighted by molar-refractivity contribution is 7.10. The maximum Gasteiger partial charge on any atom is 0.372 e. The van der Waals surface area contributed by atoms with Crippen LogP contribution >= 0.6 is 22.7 Å². The molecular formula is C27H32N2O4S2. The van der Waals surface area contributed by atoms with E-state index in [0.717, 1.165) is 22.6 Å². The third-order valence-corrected chi connectivity index (χ3v) is 7.58. The van der Waals surface area contributed by atoms with Crippen molar-refractivity contribution in [3.8, 4) is 0 Å². The van der Waals surface area contributed by atoms with E-state index >= 15 is 0 Å². The summed E-state index contributed by atoms with van der Waals surface area (Å²) < 4.78 is 0. The molecular weight excluding hydrogens is 480 g/mol. The van der Waals surface area contributed by atoms with Crippen molar-refractivity contribution in [3.05, 3.63) is 80.7 Å². The van der Waals surface area contributed by atoms with Gasteiger partial charge in [0.15, 0.2) is 0 Å². The zero-order valence-electron chi connectivity index (χ0n) is 19.9. The molecule has 0 aliphatic carbocycles. The number of aliphatic carboxylic acids is 1. The summed E-state index contributed by atoms with van der Waals surface area (Å²) >= 11 is 3.26. The van der Waals surface area contributed by atoms with Gasteiger partial charge in [-0.05, 0) is 47.8 Å². The molecule has 2 N–H and O–H groups in total. The van der Waals surface area contributed by atoms with Gasteiger partial charge in [0.05, 0.1) is 25.0 Å². The number of unbranched alkanes of at least 4 members (excludes halogenated alkanes) is 1. The Kier molecular flexibility index (Phi) is 10.7. The second-order valence-electron chi connectivity index (χ2n) is 8.42. The van der Waals surface area contributed by atoms with Crippen LogP contribution in [0.4, 0.5) is 0 Å². The van der Waals surface area contributed by atoms with Crippen LogP contribution in [0.1, 0.15) is 53.8 Å². The summed E-state index contributed by atoms with van der Waals surface area (Å²) in [5.41, 5.74) is 0.676. The van der Waals surface area contributed by atoms with Crippen molar-refractivity contribution in [3.63, 3.8) is 0 Å². The Balaban J connectivity index is 1.72. The molecule has 0 aliphatic rings. The number of ketones is 1. The lowest BCUT2D eigenvalue weighted by Crippen LogP contribution is -2.46. The predicted molar refractivity (Wildman–Crippen MR) is 141 cm³/mol. The van der Waals surface area contributed by atoms with Crippen LogP contribution in [0.5, 0.6) is 0 Å². The van der Waals surface area contributed by atoms with E-state index in [0.29, 0.717) is 38.0 Å². The molecule has 0 spiro atoms. The average molecular weight is 513 g/mol. The Morgan fingerprint density at radius 3 is 2.06 bits per heavy atom. The van der Waals surface area contributed by atoms with Crippen LogP contribution in [0, 0.1) is 0 Å². The fourth-order valence-corrected chi connectivity index (χ4v) is 5.46. The lowest BCUT2D eigenvalue weighted by atomic mass is 9.91. The van der Waals surface area contributed by atoms with Gasteiger partial charge in [-0.25, -0.2) is 4.79 Å². The molecule has 3 rings (SSSR count). The molecule has 1 amide bonds. The van der Waals surface area contributed by atoms with E-state index in [1.165, 1.54) is 0 Å². The summed E-state index contributed by atoms with van der Waals surface area (Å²) in [6.07, 6.45) is 2.85. The number of Topliss-reactive ketones (excluding diaryl/α,β-unsaturated/α-hetero) is 1. The van der Waals surface area contributed by atoms with Gasteiger partial charge in [0, 0.05) is 9.75 Å². The molecule has 0 radical (unpaired) electrons. The monoisotopic (exact) mass is 512 g/mol. The van der Waals surface area contributed by atoms with Gasteiger partial charge in [-0.3, -0.25) is 9.59 Å². The summed E-state index contributed by atoms with van der Waals surface area (Å²) in [6.45, 7) is 3.55. The highest BCUT2D eigenvalue weighted by Crippen LogP contribution is 2.22. The number of thiophene rings is 2. The van der Waals surface area contributed by atoms with Gasteiger partial charge in [0.25, 0.3) is 0 Å². The first-order valence-electron chi connectivity index (χ1n) is 11.9. The van der Waals surface area contributed by atoms with Gasteiger partial charge in [-0.15, -0.1) is 22.7 Å². The van der Waals surface area contributed by atoms with Gasteiger partial charge in [0.2, 0.25) is 11.7 Å². The second kappa shape index (κ2) is 13.9. The number of hydrogen-bond acceptors (Lipinski definition) is 6. The molecule has 6 nitrogen and oxygen atoms in total. The molecule has 1 unspecified atom stereocenters. The van der Waals surface area contributed by atoms with Gasteiger partial charge >= 0.3 is 5.97 Å².